The van der Waals surface area contributed by atoms with Crippen molar-refractivity contribution in [1.29, 1.82) is 0 Å². The molecule has 1 aromatic heterocycles. The Balaban J connectivity index is 1.80. The number of carbonyl (C=O) groups is 1. The monoisotopic (exact) mass is 227 g/mol. The Labute approximate surface area is 91.8 Å². The van der Waals surface area contributed by atoms with Crippen LogP contribution in [-0.4, -0.2) is 38.3 Å². The highest BCUT2D eigenvalue weighted by Crippen LogP contribution is 2.09. The van der Waals surface area contributed by atoms with Crippen molar-refractivity contribution in [3.8, 4) is 0 Å². The van der Waals surface area contributed by atoms with E-state index >= 15 is 0 Å². The lowest BCUT2D eigenvalue weighted by Gasteiger charge is -2.08. The van der Waals surface area contributed by atoms with Gasteiger partial charge in [-0.2, -0.15) is 5.10 Å². The van der Waals surface area contributed by atoms with Crippen LogP contribution in [0, 0.1) is 0 Å². The van der Waals surface area contributed by atoms with Crippen molar-refractivity contribution in [1.82, 2.24) is 25.4 Å². The molecule has 0 aliphatic carbocycles. The lowest BCUT2D eigenvalue weighted by molar-refractivity contribution is -0.122. The average molecular weight is 227 g/mol. The van der Waals surface area contributed by atoms with Crippen LogP contribution in [0.2, 0.25) is 0 Å². The molecular formula is C8H13N5OS. The fourth-order valence-electron chi connectivity index (χ4n) is 1.32. The number of nitrogens with zero attached hydrogens (tertiary/aromatic N) is 3. The van der Waals surface area contributed by atoms with Crippen LogP contribution in [0.25, 0.3) is 0 Å². The molecule has 1 amide bonds. The summed E-state index contributed by atoms with van der Waals surface area (Å²) in [7, 11) is 1.80. The van der Waals surface area contributed by atoms with E-state index in [9.17, 15) is 4.79 Å². The Morgan fingerprint density at radius 2 is 2.73 bits per heavy atom. The third-order valence-electron chi connectivity index (χ3n) is 2.10. The summed E-state index contributed by atoms with van der Waals surface area (Å²) in [5, 5.41) is 9.98. The van der Waals surface area contributed by atoms with Gasteiger partial charge >= 0.3 is 0 Å². The van der Waals surface area contributed by atoms with E-state index in [1.54, 1.807) is 29.8 Å². The maximum Gasteiger partial charge on any atom is 0.238 e. The van der Waals surface area contributed by atoms with Crippen LogP contribution in [0.5, 0.6) is 0 Å². The second-order valence-corrected chi connectivity index (χ2v) is 4.35. The van der Waals surface area contributed by atoms with E-state index in [0.717, 1.165) is 11.6 Å². The summed E-state index contributed by atoms with van der Waals surface area (Å²) in [5.41, 5.74) is 0. The van der Waals surface area contributed by atoms with Crippen molar-refractivity contribution >= 4 is 17.7 Å². The normalized spacial score (nSPS) is 20.5. The van der Waals surface area contributed by atoms with Crippen molar-refractivity contribution in [2.45, 2.75) is 12.6 Å². The molecule has 2 N–H and O–H groups in total. The minimum atomic E-state index is -0.0706. The molecular weight excluding hydrogens is 214 g/mol. The third-order valence-corrected chi connectivity index (χ3v) is 3.04. The van der Waals surface area contributed by atoms with Crippen molar-refractivity contribution < 1.29 is 4.79 Å². The molecule has 1 aromatic rings. The molecule has 2 rings (SSSR count). The molecule has 1 unspecified atom stereocenters. The van der Waals surface area contributed by atoms with Crippen LogP contribution in [0.4, 0.5) is 0 Å². The van der Waals surface area contributed by atoms with Crippen molar-refractivity contribution in [2.24, 2.45) is 7.05 Å². The van der Waals surface area contributed by atoms with E-state index in [2.05, 4.69) is 20.7 Å². The first-order chi connectivity index (χ1) is 7.25. The summed E-state index contributed by atoms with van der Waals surface area (Å²) in [5.74, 6) is 2.34. The van der Waals surface area contributed by atoms with Gasteiger partial charge in [-0.25, -0.2) is 4.98 Å². The molecule has 0 aromatic carbocycles. The fourth-order valence-corrected chi connectivity index (χ4v) is 2.26. The number of aromatic nitrogens is 3. The zero-order valence-electron chi connectivity index (χ0n) is 8.43. The summed E-state index contributed by atoms with van der Waals surface area (Å²) in [6.07, 6.45) is 1.62. The number of carbonyl (C=O) groups excluding carboxylic acids is 1. The average Bonchev–Trinajstić information content (AvgIpc) is 2.84. The summed E-state index contributed by atoms with van der Waals surface area (Å²) < 4.78 is 1.62. The maximum atomic E-state index is 11.6. The zero-order chi connectivity index (χ0) is 10.7. The van der Waals surface area contributed by atoms with E-state index in [4.69, 9.17) is 0 Å². The number of aryl methyl sites for hydroxylation is 1. The van der Waals surface area contributed by atoms with E-state index in [-0.39, 0.29) is 11.9 Å². The Bertz CT molecular complexity index is 347. The van der Waals surface area contributed by atoms with Gasteiger partial charge in [0.1, 0.15) is 6.33 Å². The SMILES string of the molecule is Cn1cnc(CNC(=O)C2CSCN2)n1. The molecule has 6 nitrogen and oxygen atoms in total. The van der Waals surface area contributed by atoms with Crippen molar-refractivity contribution in [3.63, 3.8) is 0 Å². The van der Waals surface area contributed by atoms with Crippen molar-refractivity contribution in [2.75, 3.05) is 11.6 Å². The lowest BCUT2D eigenvalue weighted by Crippen LogP contribution is -2.41. The van der Waals surface area contributed by atoms with Gasteiger partial charge in [0.15, 0.2) is 5.82 Å². The molecule has 1 fully saturated rings. The molecule has 0 bridgehead atoms. The van der Waals surface area contributed by atoms with Gasteiger partial charge in [-0.1, -0.05) is 0 Å². The smallest absolute Gasteiger partial charge is 0.238 e. The number of nitrogens with one attached hydrogen (secondary N) is 2. The van der Waals surface area contributed by atoms with E-state index in [1.165, 1.54) is 0 Å². The van der Waals surface area contributed by atoms with Gasteiger partial charge in [0, 0.05) is 18.7 Å². The minimum Gasteiger partial charge on any atom is -0.347 e. The quantitative estimate of drug-likeness (QED) is 0.700. The molecule has 0 saturated carbocycles. The van der Waals surface area contributed by atoms with Crippen LogP contribution < -0.4 is 10.6 Å². The highest BCUT2D eigenvalue weighted by atomic mass is 32.2. The highest BCUT2D eigenvalue weighted by molar-refractivity contribution is 7.99. The van der Waals surface area contributed by atoms with Crippen LogP contribution in [-0.2, 0) is 18.4 Å². The Kier molecular flexibility index (Phi) is 3.22. The third kappa shape index (κ3) is 2.69. The Morgan fingerprint density at radius 1 is 1.87 bits per heavy atom. The van der Waals surface area contributed by atoms with E-state index < -0.39 is 0 Å². The fraction of sp³-hybridized carbons (Fsp3) is 0.625. The predicted octanol–water partition coefficient (Wildman–Crippen LogP) is -0.906. The topological polar surface area (TPSA) is 71.8 Å². The minimum absolute atomic E-state index is 0.0208. The van der Waals surface area contributed by atoms with E-state index in [0.29, 0.717) is 12.4 Å². The molecule has 15 heavy (non-hydrogen) atoms. The molecule has 0 spiro atoms. The molecule has 1 aliphatic rings. The van der Waals surface area contributed by atoms with Gasteiger partial charge in [0.05, 0.1) is 12.6 Å². The zero-order valence-corrected chi connectivity index (χ0v) is 9.25. The molecule has 2 heterocycles. The van der Waals surface area contributed by atoms with Gasteiger partial charge in [-0.3, -0.25) is 14.8 Å². The van der Waals surface area contributed by atoms with Crippen molar-refractivity contribution in [3.05, 3.63) is 12.2 Å². The van der Waals surface area contributed by atoms with Crippen LogP contribution >= 0.6 is 11.8 Å². The Hall–Kier alpha value is -1.08. The molecule has 1 atom stereocenters. The first-order valence-electron chi connectivity index (χ1n) is 4.69. The number of hydrogen-bond donors (Lipinski definition) is 2. The number of amides is 1. The van der Waals surface area contributed by atoms with E-state index in [1.807, 2.05) is 0 Å². The van der Waals surface area contributed by atoms with Gasteiger partial charge in [-0.05, 0) is 0 Å². The summed E-state index contributed by atoms with van der Waals surface area (Å²) >= 11 is 1.73. The highest BCUT2D eigenvalue weighted by Gasteiger charge is 2.22. The maximum absolute atomic E-state index is 11.6. The standard InChI is InChI=1S/C8H13N5OS/c1-13-4-10-7(12-13)2-9-8(14)6-3-15-5-11-6/h4,6,11H,2-3,5H2,1H3,(H,9,14). The van der Waals surface area contributed by atoms with Gasteiger partial charge in [0.2, 0.25) is 5.91 Å². The van der Waals surface area contributed by atoms with Gasteiger partial charge in [0.25, 0.3) is 0 Å². The molecule has 82 valence electrons. The number of thioether (sulfide) groups is 1. The largest absolute Gasteiger partial charge is 0.347 e. The molecule has 1 aliphatic heterocycles. The van der Waals surface area contributed by atoms with Crippen LogP contribution in [0.15, 0.2) is 6.33 Å². The number of rotatable bonds is 3. The van der Waals surface area contributed by atoms with Crippen LogP contribution in [0.1, 0.15) is 5.82 Å². The summed E-state index contributed by atoms with van der Waals surface area (Å²) in [6, 6.07) is -0.0706. The van der Waals surface area contributed by atoms with Gasteiger partial charge in [-0.15, -0.1) is 11.8 Å². The summed E-state index contributed by atoms with van der Waals surface area (Å²) in [4.78, 5) is 15.6. The second kappa shape index (κ2) is 4.63. The molecule has 1 saturated heterocycles. The summed E-state index contributed by atoms with van der Waals surface area (Å²) in [6.45, 7) is 0.391. The number of hydrogen-bond acceptors (Lipinski definition) is 5. The molecule has 0 radical (unpaired) electrons. The Morgan fingerprint density at radius 3 is 3.33 bits per heavy atom. The predicted molar refractivity (Wildman–Crippen MR) is 57.1 cm³/mol. The first-order valence-corrected chi connectivity index (χ1v) is 5.84. The molecule has 7 heteroatoms. The van der Waals surface area contributed by atoms with Gasteiger partial charge < -0.3 is 5.32 Å². The van der Waals surface area contributed by atoms with Crippen LogP contribution in [0.3, 0.4) is 0 Å². The second-order valence-electron chi connectivity index (χ2n) is 3.32. The lowest BCUT2D eigenvalue weighted by atomic mass is 10.3. The first kappa shape index (κ1) is 10.4.